The maximum absolute atomic E-state index is 14.1. The lowest BCUT2D eigenvalue weighted by molar-refractivity contribution is 0.0997. The third-order valence-corrected chi connectivity index (χ3v) is 8.46. The number of hydrogen-bond donors (Lipinski definition) is 1. The minimum absolute atomic E-state index is 0.00274. The maximum atomic E-state index is 14.1. The van der Waals surface area contributed by atoms with Gasteiger partial charge in [-0.3, -0.25) is 4.79 Å². The fraction of sp³-hybridized carbons (Fsp3) is 0.348. The molecule has 1 fully saturated rings. The summed E-state index contributed by atoms with van der Waals surface area (Å²) < 4.78 is 48.2. The molecule has 1 aliphatic rings. The second-order valence-corrected chi connectivity index (χ2v) is 11.0. The van der Waals surface area contributed by atoms with Crippen LogP contribution in [0.1, 0.15) is 48.2 Å². The third-order valence-electron chi connectivity index (χ3n) is 6.06. The number of furan rings is 1. The van der Waals surface area contributed by atoms with Crippen molar-refractivity contribution >= 4 is 48.5 Å². The lowest BCUT2D eigenvalue weighted by atomic mass is 9.96. The number of fused-ring (bicyclic) bond motifs is 1. The van der Waals surface area contributed by atoms with E-state index in [1.807, 2.05) is 0 Å². The van der Waals surface area contributed by atoms with Crippen LogP contribution in [0.3, 0.4) is 0 Å². The predicted molar refractivity (Wildman–Crippen MR) is 125 cm³/mol. The summed E-state index contributed by atoms with van der Waals surface area (Å²) >= 11 is 3.18. The van der Waals surface area contributed by atoms with Crippen molar-refractivity contribution in [2.24, 2.45) is 0 Å². The molecule has 4 rings (SSSR count). The van der Waals surface area contributed by atoms with Crippen LogP contribution in [0.2, 0.25) is 0 Å². The van der Waals surface area contributed by atoms with Gasteiger partial charge in [0.05, 0.1) is 10.6 Å². The van der Waals surface area contributed by atoms with Crippen molar-refractivity contribution in [3.05, 3.63) is 58.0 Å². The molecular formula is C23H24BrFN2O4S. The number of benzene rings is 2. The van der Waals surface area contributed by atoms with Gasteiger partial charge in [-0.15, -0.1) is 0 Å². The molecule has 1 aliphatic carbocycles. The Morgan fingerprint density at radius 1 is 1.16 bits per heavy atom. The highest BCUT2D eigenvalue weighted by atomic mass is 79.9. The molecule has 0 atom stereocenters. The van der Waals surface area contributed by atoms with Gasteiger partial charge in [-0.1, -0.05) is 35.2 Å². The SMILES string of the molecule is Cc1c(C(=O)Nc2ccc(Br)cc2F)oc2ccc(S(=O)(=O)N(C)C3CCCCC3)cc12. The molecule has 32 heavy (non-hydrogen) atoms. The van der Waals surface area contributed by atoms with E-state index in [9.17, 15) is 17.6 Å². The molecule has 3 aromatic rings. The number of carbonyl (C=O) groups is 1. The molecule has 0 unspecified atom stereocenters. The minimum Gasteiger partial charge on any atom is -0.451 e. The first kappa shape index (κ1) is 22.9. The van der Waals surface area contributed by atoms with Crippen molar-refractivity contribution in [1.82, 2.24) is 4.31 Å². The van der Waals surface area contributed by atoms with Gasteiger partial charge in [0.15, 0.2) is 5.76 Å². The van der Waals surface area contributed by atoms with Gasteiger partial charge in [0.1, 0.15) is 11.4 Å². The van der Waals surface area contributed by atoms with E-state index in [2.05, 4.69) is 21.2 Å². The predicted octanol–water partition coefficient (Wildman–Crippen LogP) is 5.85. The number of amides is 1. The molecule has 0 saturated heterocycles. The molecule has 1 heterocycles. The van der Waals surface area contributed by atoms with Crippen LogP contribution in [0.15, 0.2) is 50.2 Å². The summed E-state index contributed by atoms with van der Waals surface area (Å²) in [5, 5.41) is 3.04. The molecule has 1 saturated carbocycles. The van der Waals surface area contributed by atoms with Crippen LogP contribution in [0, 0.1) is 12.7 Å². The molecule has 170 valence electrons. The Bertz CT molecular complexity index is 1280. The zero-order chi connectivity index (χ0) is 23.0. The monoisotopic (exact) mass is 522 g/mol. The van der Waals surface area contributed by atoms with Crippen molar-refractivity contribution in [3.8, 4) is 0 Å². The van der Waals surface area contributed by atoms with Crippen molar-refractivity contribution in [2.75, 3.05) is 12.4 Å². The highest BCUT2D eigenvalue weighted by Crippen LogP contribution is 2.31. The summed E-state index contributed by atoms with van der Waals surface area (Å²) in [6.07, 6.45) is 4.92. The highest BCUT2D eigenvalue weighted by molar-refractivity contribution is 9.10. The number of carbonyl (C=O) groups excluding carboxylic acids is 1. The van der Waals surface area contributed by atoms with Gasteiger partial charge in [0, 0.05) is 28.5 Å². The standard InChI is InChI=1S/C23H24BrFN2O4S/c1-14-18-13-17(32(29,30)27(2)16-6-4-3-5-7-16)9-11-21(18)31-22(14)23(28)26-20-10-8-15(24)12-19(20)25/h8-13,16H,3-7H2,1-2H3,(H,26,28). The highest BCUT2D eigenvalue weighted by Gasteiger charge is 2.30. The van der Waals surface area contributed by atoms with Crippen LogP contribution in [-0.4, -0.2) is 31.7 Å². The molecule has 2 aromatic carbocycles. The van der Waals surface area contributed by atoms with E-state index in [1.54, 1.807) is 32.2 Å². The molecule has 9 heteroatoms. The van der Waals surface area contributed by atoms with Gasteiger partial charge < -0.3 is 9.73 Å². The number of nitrogens with one attached hydrogen (secondary N) is 1. The Balaban J connectivity index is 1.64. The van der Waals surface area contributed by atoms with E-state index < -0.39 is 21.7 Å². The molecule has 6 nitrogen and oxygen atoms in total. The fourth-order valence-corrected chi connectivity index (χ4v) is 5.93. The number of nitrogens with zero attached hydrogens (tertiary/aromatic N) is 1. The Hall–Kier alpha value is -2.23. The summed E-state index contributed by atoms with van der Waals surface area (Å²) in [6, 6.07) is 8.90. The average molecular weight is 523 g/mol. The molecule has 0 aliphatic heterocycles. The van der Waals surface area contributed by atoms with Gasteiger partial charge >= 0.3 is 0 Å². The summed E-state index contributed by atoms with van der Waals surface area (Å²) in [4.78, 5) is 12.9. The fourth-order valence-electron chi connectivity index (χ4n) is 4.15. The van der Waals surface area contributed by atoms with Crippen LogP contribution in [0.4, 0.5) is 10.1 Å². The quantitative estimate of drug-likeness (QED) is 0.455. The number of halogens is 2. The van der Waals surface area contributed by atoms with Crippen LogP contribution >= 0.6 is 15.9 Å². The summed E-state index contributed by atoms with van der Waals surface area (Å²) in [6.45, 7) is 1.68. The second-order valence-electron chi connectivity index (χ2n) is 8.11. The molecule has 0 bridgehead atoms. The number of rotatable bonds is 5. The van der Waals surface area contributed by atoms with Gasteiger partial charge in [-0.05, 0) is 56.2 Å². The summed E-state index contributed by atoms with van der Waals surface area (Å²) in [5.74, 6) is -1.18. The van der Waals surface area contributed by atoms with E-state index >= 15 is 0 Å². The van der Waals surface area contributed by atoms with Crippen LogP contribution in [-0.2, 0) is 10.0 Å². The first-order valence-corrected chi connectivity index (χ1v) is 12.7. The van der Waals surface area contributed by atoms with Crippen molar-refractivity contribution < 1.29 is 22.0 Å². The molecule has 0 spiro atoms. The Labute approximate surface area is 195 Å². The molecule has 0 radical (unpaired) electrons. The lowest BCUT2D eigenvalue weighted by Crippen LogP contribution is -2.38. The van der Waals surface area contributed by atoms with Gasteiger partial charge in [0.25, 0.3) is 5.91 Å². The summed E-state index contributed by atoms with van der Waals surface area (Å²) in [5.41, 5.74) is 0.908. The van der Waals surface area contributed by atoms with Gasteiger partial charge in [0.2, 0.25) is 10.0 Å². The number of sulfonamides is 1. The van der Waals surface area contributed by atoms with Crippen LogP contribution < -0.4 is 5.32 Å². The van der Waals surface area contributed by atoms with E-state index in [1.165, 1.54) is 22.5 Å². The third kappa shape index (κ3) is 4.33. The molecule has 1 amide bonds. The summed E-state index contributed by atoms with van der Waals surface area (Å²) in [7, 11) is -2.05. The Kier molecular flexibility index (Phi) is 6.42. The van der Waals surface area contributed by atoms with E-state index in [4.69, 9.17) is 4.42 Å². The molecule has 1 aromatic heterocycles. The topological polar surface area (TPSA) is 79.6 Å². The van der Waals surface area contributed by atoms with Gasteiger partial charge in [-0.2, -0.15) is 4.31 Å². The zero-order valence-electron chi connectivity index (χ0n) is 17.8. The second kappa shape index (κ2) is 8.96. The molecular weight excluding hydrogens is 499 g/mol. The molecule has 1 N–H and O–H groups in total. The zero-order valence-corrected chi connectivity index (χ0v) is 20.2. The average Bonchev–Trinajstić information content (AvgIpc) is 3.11. The number of aryl methyl sites for hydroxylation is 1. The van der Waals surface area contributed by atoms with Crippen LogP contribution in [0.5, 0.6) is 0 Å². The van der Waals surface area contributed by atoms with Crippen LogP contribution in [0.25, 0.3) is 11.0 Å². The van der Waals surface area contributed by atoms with Crippen molar-refractivity contribution in [2.45, 2.75) is 50.0 Å². The van der Waals surface area contributed by atoms with E-state index in [0.29, 0.717) is 21.0 Å². The largest absolute Gasteiger partial charge is 0.451 e. The first-order valence-electron chi connectivity index (χ1n) is 10.5. The van der Waals surface area contributed by atoms with E-state index in [-0.39, 0.29) is 22.4 Å². The maximum Gasteiger partial charge on any atom is 0.291 e. The van der Waals surface area contributed by atoms with E-state index in [0.717, 1.165) is 32.1 Å². The Morgan fingerprint density at radius 3 is 2.56 bits per heavy atom. The van der Waals surface area contributed by atoms with Crippen molar-refractivity contribution in [3.63, 3.8) is 0 Å². The first-order chi connectivity index (χ1) is 15.2. The van der Waals surface area contributed by atoms with Crippen molar-refractivity contribution in [1.29, 1.82) is 0 Å². The smallest absolute Gasteiger partial charge is 0.291 e. The minimum atomic E-state index is -3.68. The lowest BCUT2D eigenvalue weighted by Gasteiger charge is -2.30. The number of anilines is 1. The Morgan fingerprint density at radius 2 is 1.88 bits per heavy atom. The van der Waals surface area contributed by atoms with Gasteiger partial charge in [-0.25, -0.2) is 12.8 Å². The normalized spacial score (nSPS) is 15.4. The number of hydrogen-bond acceptors (Lipinski definition) is 4.